The highest BCUT2D eigenvalue weighted by molar-refractivity contribution is 8.93. The number of hydrogen-bond acceptors (Lipinski definition) is 0. The summed E-state index contributed by atoms with van der Waals surface area (Å²) in [6, 6.07) is 14.8. The van der Waals surface area contributed by atoms with E-state index in [4.69, 9.17) is 0 Å². The van der Waals surface area contributed by atoms with Crippen LogP contribution in [0.1, 0.15) is 5.56 Å². The molecule has 0 fully saturated rings. The lowest BCUT2D eigenvalue weighted by molar-refractivity contribution is 1.53. The van der Waals surface area contributed by atoms with E-state index in [0.717, 1.165) is 0 Å². The molecule has 0 aliphatic rings. The highest BCUT2D eigenvalue weighted by Gasteiger charge is 1.91. The van der Waals surface area contributed by atoms with E-state index in [0.29, 0.717) is 0 Å². The van der Waals surface area contributed by atoms with E-state index >= 15 is 0 Å². The van der Waals surface area contributed by atoms with Crippen molar-refractivity contribution in [1.82, 2.24) is 0 Å². The Balaban J connectivity index is 0.000000720. The molecule has 0 amide bonds. The SMILES string of the molecule is Br.Cc1cccc2ccccc12. The molecule has 0 nitrogen and oxygen atoms in total. The van der Waals surface area contributed by atoms with Crippen LogP contribution in [0.3, 0.4) is 0 Å². The monoisotopic (exact) mass is 222 g/mol. The van der Waals surface area contributed by atoms with Gasteiger partial charge in [-0.15, -0.1) is 17.0 Å². The van der Waals surface area contributed by atoms with Crippen LogP contribution in [-0.4, -0.2) is 0 Å². The summed E-state index contributed by atoms with van der Waals surface area (Å²) in [6.45, 7) is 2.14. The molecule has 0 spiro atoms. The first-order valence-electron chi connectivity index (χ1n) is 3.82. The van der Waals surface area contributed by atoms with Gasteiger partial charge in [-0.3, -0.25) is 0 Å². The Hall–Kier alpha value is -0.820. The molecule has 0 bridgehead atoms. The van der Waals surface area contributed by atoms with Gasteiger partial charge in [0.25, 0.3) is 0 Å². The van der Waals surface area contributed by atoms with E-state index in [-0.39, 0.29) is 17.0 Å². The second kappa shape index (κ2) is 3.72. The fourth-order valence-electron chi connectivity index (χ4n) is 1.39. The van der Waals surface area contributed by atoms with E-state index in [9.17, 15) is 0 Å². The predicted molar refractivity (Wildman–Crippen MR) is 59.0 cm³/mol. The quantitative estimate of drug-likeness (QED) is 0.638. The third-order valence-electron chi connectivity index (χ3n) is 2.01. The van der Waals surface area contributed by atoms with Gasteiger partial charge in [0.15, 0.2) is 0 Å². The Kier molecular flexibility index (Phi) is 2.88. The molecule has 0 aliphatic carbocycles. The van der Waals surface area contributed by atoms with Crippen molar-refractivity contribution in [2.45, 2.75) is 6.92 Å². The maximum Gasteiger partial charge on any atom is -0.0155 e. The highest BCUT2D eigenvalue weighted by atomic mass is 79.9. The topological polar surface area (TPSA) is 0 Å². The van der Waals surface area contributed by atoms with Crippen LogP contribution in [-0.2, 0) is 0 Å². The second-order valence-electron chi connectivity index (χ2n) is 2.80. The van der Waals surface area contributed by atoms with Crippen LogP contribution in [0.2, 0.25) is 0 Å². The third kappa shape index (κ3) is 1.51. The first kappa shape index (κ1) is 9.27. The van der Waals surface area contributed by atoms with Crippen LogP contribution < -0.4 is 0 Å². The van der Waals surface area contributed by atoms with Crippen LogP contribution in [0.25, 0.3) is 10.8 Å². The predicted octanol–water partition coefficient (Wildman–Crippen LogP) is 3.73. The zero-order valence-corrected chi connectivity index (χ0v) is 8.66. The molecule has 0 unspecified atom stereocenters. The van der Waals surface area contributed by atoms with Crippen molar-refractivity contribution < 1.29 is 0 Å². The van der Waals surface area contributed by atoms with Crippen molar-refractivity contribution in [2.24, 2.45) is 0 Å². The molecular formula is C11H11Br. The van der Waals surface area contributed by atoms with Gasteiger partial charge in [-0.25, -0.2) is 0 Å². The number of halogens is 1. The van der Waals surface area contributed by atoms with Crippen LogP contribution >= 0.6 is 17.0 Å². The van der Waals surface area contributed by atoms with Crippen molar-refractivity contribution in [1.29, 1.82) is 0 Å². The summed E-state index contributed by atoms with van der Waals surface area (Å²) in [6.07, 6.45) is 0. The van der Waals surface area contributed by atoms with Crippen LogP contribution in [0.4, 0.5) is 0 Å². The molecule has 12 heavy (non-hydrogen) atoms. The van der Waals surface area contributed by atoms with E-state index in [1.54, 1.807) is 0 Å². The Bertz CT molecular complexity index is 374. The minimum atomic E-state index is 0. The smallest absolute Gasteiger partial charge is 0.0155 e. The molecule has 0 aromatic heterocycles. The molecule has 0 radical (unpaired) electrons. The highest BCUT2D eigenvalue weighted by Crippen LogP contribution is 2.16. The molecule has 62 valence electrons. The normalized spacial score (nSPS) is 9.42. The Morgan fingerprint density at radius 2 is 1.50 bits per heavy atom. The fraction of sp³-hybridized carbons (Fsp3) is 0.0909. The van der Waals surface area contributed by atoms with Gasteiger partial charge in [0.1, 0.15) is 0 Å². The number of aryl methyl sites for hydroxylation is 1. The molecule has 2 aromatic carbocycles. The molecule has 0 N–H and O–H groups in total. The van der Waals surface area contributed by atoms with Gasteiger partial charge >= 0.3 is 0 Å². The van der Waals surface area contributed by atoms with Crippen LogP contribution in [0.5, 0.6) is 0 Å². The molecule has 2 rings (SSSR count). The maximum absolute atomic E-state index is 2.16. The lowest BCUT2D eigenvalue weighted by Gasteiger charge is -1.98. The zero-order valence-electron chi connectivity index (χ0n) is 6.95. The lowest BCUT2D eigenvalue weighted by atomic mass is 10.1. The largest absolute Gasteiger partial charge is 0.114 e. The number of benzene rings is 2. The minimum absolute atomic E-state index is 0. The molecule has 0 aliphatic heterocycles. The van der Waals surface area contributed by atoms with Crippen molar-refractivity contribution in [3.8, 4) is 0 Å². The standard InChI is InChI=1S/C11H10.BrH/c1-9-5-4-7-10-6-2-3-8-11(9)10;/h2-8H,1H3;1H. The number of fused-ring (bicyclic) bond motifs is 1. The number of rotatable bonds is 0. The molecule has 0 atom stereocenters. The van der Waals surface area contributed by atoms with E-state index < -0.39 is 0 Å². The summed E-state index contributed by atoms with van der Waals surface area (Å²) in [5.74, 6) is 0. The van der Waals surface area contributed by atoms with E-state index in [2.05, 4.69) is 49.4 Å². The summed E-state index contributed by atoms with van der Waals surface area (Å²) in [5.41, 5.74) is 1.35. The average Bonchev–Trinajstić information content (AvgIpc) is 2.06. The van der Waals surface area contributed by atoms with Gasteiger partial charge in [0.05, 0.1) is 0 Å². The fourth-order valence-corrected chi connectivity index (χ4v) is 1.39. The van der Waals surface area contributed by atoms with Crippen molar-refractivity contribution >= 4 is 27.8 Å². The van der Waals surface area contributed by atoms with Gasteiger partial charge in [-0.05, 0) is 23.3 Å². The Morgan fingerprint density at radius 3 is 2.25 bits per heavy atom. The molecule has 2 aromatic rings. The lowest BCUT2D eigenvalue weighted by Crippen LogP contribution is -1.75. The molecule has 0 saturated heterocycles. The maximum atomic E-state index is 2.16. The van der Waals surface area contributed by atoms with Crippen molar-refractivity contribution in [3.63, 3.8) is 0 Å². The summed E-state index contributed by atoms with van der Waals surface area (Å²) in [7, 11) is 0. The van der Waals surface area contributed by atoms with Crippen molar-refractivity contribution in [2.75, 3.05) is 0 Å². The van der Waals surface area contributed by atoms with Crippen molar-refractivity contribution in [3.05, 3.63) is 48.0 Å². The summed E-state index contributed by atoms with van der Waals surface area (Å²) in [5, 5.41) is 2.68. The average molecular weight is 223 g/mol. The summed E-state index contributed by atoms with van der Waals surface area (Å²) < 4.78 is 0. The zero-order chi connectivity index (χ0) is 7.68. The minimum Gasteiger partial charge on any atom is -0.114 e. The third-order valence-corrected chi connectivity index (χ3v) is 2.01. The van der Waals surface area contributed by atoms with Crippen LogP contribution in [0, 0.1) is 6.92 Å². The van der Waals surface area contributed by atoms with Gasteiger partial charge in [-0.2, -0.15) is 0 Å². The molecular weight excluding hydrogens is 212 g/mol. The summed E-state index contributed by atoms with van der Waals surface area (Å²) in [4.78, 5) is 0. The first-order valence-corrected chi connectivity index (χ1v) is 3.82. The van der Waals surface area contributed by atoms with Gasteiger partial charge in [0, 0.05) is 0 Å². The summed E-state index contributed by atoms with van der Waals surface area (Å²) >= 11 is 0. The second-order valence-corrected chi connectivity index (χ2v) is 2.80. The van der Waals surface area contributed by atoms with Gasteiger partial charge in [0.2, 0.25) is 0 Å². The van der Waals surface area contributed by atoms with Gasteiger partial charge < -0.3 is 0 Å². The first-order chi connectivity index (χ1) is 5.38. The number of hydrogen-bond donors (Lipinski definition) is 0. The van der Waals surface area contributed by atoms with Crippen LogP contribution in [0.15, 0.2) is 42.5 Å². The Labute approximate surface area is 83.0 Å². The molecule has 0 saturated carbocycles. The molecule has 1 heteroatoms. The molecule has 0 heterocycles. The Morgan fingerprint density at radius 1 is 0.833 bits per heavy atom. The van der Waals surface area contributed by atoms with Gasteiger partial charge in [-0.1, -0.05) is 42.5 Å². The van der Waals surface area contributed by atoms with E-state index in [1.807, 2.05) is 0 Å². The van der Waals surface area contributed by atoms with E-state index in [1.165, 1.54) is 16.3 Å².